The van der Waals surface area contributed by atoms with Crippen LogP contribution in [-0.4, -0.2) is 39.7 Å². The molecule has 2 rings (SSSR count). The highest BCUT2D eigenvalue weighted by Gasteiger charge is 2.17. The molecule has 0 bridgehead atoms. The molecular weight excluding hydrogens is 294 g/mol. The number of nitrogens with zero attached hydrogens (tertiary/aromatic N) is 3. The predicted octanol–water partition coefficient (Wildman–Crippen LogP) is 2.55. The number of para-hydroxylation sites is 1. The minimum atomic E-state index is -0.441. The van der Waals surface area contributed by atoms with Crippen LogP contribution in [0.15, 0.2) is 36.5 Å². The molecule has 0 spiro atoms. The van der Waals surface area contributed by atoms with Gasteiger partial charge in [0.15, 0.2) is 5.82 Å². The van der Waals surface area contributed by atoms with Crippen LogP contribution in [-0.2, 0) is 7.05 Å². The number of carbonyl (C=O) groups excluding carboxylic acids is 2. The van der Waals surface area contributed by atoms with Crippen molar-refractivity contribution >= 4 is 23.4 Å². The largest absolute Gasteiger partial charge is 0.339 e. The fourth-order valence-corrected chi connectivity index (χ4v) is 2.21. The van der Waals surface area contributed by atoms with Crippen molar-refractivity contribution in [2.45, 2.75) is 13.8 Å². The minimum absolute atomic E-state index is 0.108. The fraction of sp³-hybridized carbons (Fsp3) is 0.312. The molecule has 0 unspecified atom stereocenters. The van der Waals surface area contributed by atoms with Gasteiger partial charge in [-0.25, -0.2) is 4.79 Å². The van der Waals surface area contributed by atoms with E-state index >= 15 is 0 Å². The highest BCUT2D eigenvalue weighted by atomic mass is 16.2. The van der Waals surface area contributed by atoms with Gasteiger partial charge in [-0.1, -0.05) is 12.1 Å². The summed E-state index contributed by atoms with van der Waals surface area (Å²) in [5.74, 6) is 0.335. The molecule has 2 aromatic rings. The summed E-state index contributed by atoms with van der Waals surface area (Å²) in [5, 5.41) is 9.41. The second-order valence-electron chi connectivity index (χ2n) is 4.98. The van der Waals surface area contributed by atoms with E-state index in [1.165, 1.54) is 0 Å². The maximum atomic E-state index is 12.5. The van der Waals surface area contributed by atoms with E-state index in [-0.39, 0.29) is 5.91 Å². The first-order valence-electron chi connectivity index (χ1n) is 7.51. The number of amides is 3. The van der Waals surface area contributed by atoms with Gasteiger partial charge in [0.1, 0.15) is 0 Å². The van der Waals surface area contributed by atoms with Crippen LogP contribution in [0.25, 0.3) is 0 Å². The van der Waals surface area contributed by atoms with Crippen LogP contribution >= 0.6 is 0 Å². The Bertz CT molecular complexity index is 691. The molecule has 0 radical (unpaired) electrons. The Morgan fingerprint density at radius 3 is 2.43 bits per heavy atom. The van der Waals surface area contributed by atoms with E-state index in [0.717, 1.165) is 0 Å². The van der Waals surface area contributed by atoms with Crippen molar-refractivity contribution in [3.63, 3.8) is 0 Å². The number of nitrogens with one attached hydrogen (secondary N) is 2. The summed E-state index contributed by atoms with van der Waals surface area (Å²) in [6.45, 7) is 5.07. The van der Waals surface area contributed by atoms with Gasteiger partial charge in [0.05, 0.1) is 11.3 Å². The molecular formula is C16H21N5O2. The van der Waals surface area contributed by atoms with Gasteiger partial charge < -0.3 is 10.2 Å². The number of carbonyl (C=O) groups is 2. The van der Waals surface area contributed by atoms with Crippen molar-refractivity contribution in [3.05, 3.63) is 42.1 Å². The van der Waals surface area contributed by atoms with Crippen LogP contribution < -0.4 is 10.6 Å². The molecule has 7 heteroatoms. The third-order valence-corrected chi connectivity index (χ3v) is 3.41. The summed E-state index contributed by atoms with van der Waals surface area (Å²) >= 11 is 0. The third-order valence-electron chi connectivity index (χ3n) is 3.41. The Morgan fingerprint density at radius 2 is 1.83 bits per heavy atom. The number of hydrogen-bond donors (Lipinski definition) is 2. The van der Waals surface area contributed by atoms with Crippen LogP contribution in [0.1, 0.15) is 24.2 Å². The summed E-state index contributed by atoms with van der Waals surface area (Å²) in [6, 6.07) is 8.20. The lowest BCUT2D eigenvalue weighted by atomic mass is 10.1. The lowest BCUT2D eigenvalue weighted by Gasteiger charge is -2.20. The maximum absolute atomic E-state index is 12.5. The zero-order chi connectivity index (χ0) is 16.8. The van der Waals surface area contributed by atoms with E-state index in [9.17, 15) is 9.59 Å². The average Bonchev–Trinajstić information content (AvgIpc) is 2.93. The molecule has 3 amide bonds. The lowest BCUT2D eigenvalue weighted by Crippen LogP contribution is -2.31. The fourth-order valence-electron chi connectivity index (χ4n) is 2.21. The molecule has 2 N–H and O–H groups in total. The maximum Gasteiger partial charge on any atom is 0.324 e. The molecule has 0 saturated carbocycles. The standard InChI is InChI=1S/C16H21N5O2/c1-4-21(5-2)15(22)12-8-6-7-9-13(12)17-16(23)18-14-10-11-20(3)19-14/h6-11H,4-5H2,1-3H3,(H2,17,18,19,23). The highest BCUT2D eigenvalue weighted by Crippen LogP contribution is 2.17. The monoisotopic (exact) mass is 315 g/mol. The van der Waals surface area contributed by atoms with E-state index < -0.39 is 6.03 Å². The van der Waals surface area contributed by atoms with E-state index in [1.807, 2.05) is 13.8 Å². The number of urea groups is 1. The first kappa shape index (κ1) is 16.5. The quantitative estimate of drug-likeness (QED) is 0.890. The normalized spacial score (nSPS) is 10.2. The van der Waals surface area contributed by atoms with Crippen molar-refractivity contribution in [2.75, 3.05) is 23.7 Å². The molecule has 0 saturated heterocycles. The van der Waals surface area contributed by atoms with Gasteiger partial charge in [-0.3, -0.25) is 14.8 Å². The smallest absolute Gasteiger partial charge is 0.324 e. The van der Waals surface area contributed by atoms with Gasteiger partial charge in [0, 0.05) is 32.4 Å². The van der Waals surface area contributed by atoms with Crippen molar-refractivity contribution in [1.29, 1.82) is 0 Å². The molecule has 23 heavy (non-hydrogen) atoms. The van der Waals surface area contributed by atoms with Crippen LogP contribution in [0.3, 0.4) is 0 Å². The number of benzene rings is 1. The van der Waals surface area contributed by atoms with Crippen LogP contribution in [0.2, 0.25) is 0 Å². The number of anilines is 2. The Labute approximate surface area is 135 Å². The summed E-state index contributed by atoms with van der Waals surface area (Å²) in [5.41, 5.74) is 0.935. The zero-order valence-electron chi connectivity index (χ0n) is 13.5. The Kier molecular flexibility index (Phi) is 5.35. The first-order valence-corrected chi connectivity index (χ1v) is 7.51. The number of aryl methyl sites for hydroxylation is 1. The van der Waals surface area contributed by atoms with E-state index in [1.54, 1.807) is 53.2 Å². The van der Waals surface area contributed by atoms with E-state index in [4.69, 9.17) is 0 Å². The molecule has 0 atom stereocenters. The van der Waals surface area contributed by atoms with Crippen molar-refractivity contribution in [2.24, 2.45) is 7.05 Å². The van der Waals surface area contributed by atoms with Crippen LogP contribution in [0, 0.1) is 0 Å². The van der Waals surface area contributed by atoms with Crippen molar-refractivity contribution in [3.8, 4) is 0 Å². The Morgan fingerprint density at radius 1 is 1.13 bits per heavy atom. The zero-order valence-corrected chi connectivity index (χ0v) is 13.5. The second-order valence-corrected chi connectivity index (χ2v) is 4.98. The molecule has 0 aliphatic rings. The molecule has 122 valence electrons. The summed E-state index contributed by atoms with van der Waals surface area (Å²) < 4.78 is 1.59. The van der Waals surface area contributed by atoms with E-state index in [0.29, 0.717) is 30.2 Å². The SMILES string of the molecule is CCN(CC)C(=O)c1ccccc1NC(=O)Nc1ccn(C)n1. The van der Waals surface area contributed by atoms with Gasteiger partial charge >= 0.3 is 6.03 Å². The molecule has 0 fully saturated rings. The average molecular weight is 315 g/mol. The first-order chi connectivity index (χ1) is 11.0. The topological polar surface area (TPSA) is 79.3 Å². The summed E-state index contributed by atoms with van der Waals surface area (Å²) in [4.78, 5) is 26.3. The number of rotatable bonds is 5. The second kappa shape index (κ2) is 7.44. The number of hydrogen-bond acceptors (Lipinski definition) is 3. The predicted molar refractivity (Wildman–Crippen MR) is 89.5 cm³/mol. The van der Waals surface area contributed by atoms with E-state index in [2.05, 4.69) is 15.7 Å². The van der Waals surface area contributed by atoms with Crippen molar-refractivity contribution in [1.82, 2.24) is 14.7 Å². The molecule has 1 aromatic heterocycles. The Hall–Kier alpha value is -2.83. The van der Waals surface area contributed by atoms with Gasteiger partial charge in [-0.15, -0.1) is 0 Å². The van der Waals surface area contributed by atoms with Gasteiger partial charge in [-0.2, -0.15) is 5.10 Å². The summed E-state index contributed by atoms with van der Waals surface area (Å²) in [7, 11) is 1.77. The van der Waals surface area contributed by atoms with Gasteiger partial charge in [0.25, 0.3) is 5.91 Å². The highest BCUT2D eigenvalue weighted by molar-refractivity contribution is 6.06. The third kappa shape index (κ3) is 4.09. The van der Waals surface area contributed by atoms with Gasteiger partial charge in [-0.05, 0) is 26.0 Å². The number of aromatic nitrogens is 2. The molecule has 0 aliphatic heterocycles. The molecule has 7 nitrogen and oxygen atoms in total. The molecule has 1 heterocycles. The Balaban J connectivity index is 2.13. The van der Waals surface area contributed by atoms with Crippen LogP contribution in [0.4, 0.5) is 16.3 Å². The lowest BCUT2D eigenvalue weighted by molar-refractivity contribution is 0.0774. The molecule has 0 aliphatic carbocycles. The molecule has 1 aromatic carbocycles. The summed E-state index contributed by atoms with van der Waals surface area (Å²) in [6.07, 6.45) is 1.73. The van der Waals surface area contributed by atoms with Gasteiger partial charge in [0.2, 0.25) is 0 Å². The van der Waals surface area contributed by atoms with Crippen molar-refractivity contribution < 1.29 is 9.59 Å². The minimum Gasteiger partial charge on any atom is -0.339 e. The van der Waals surface area contributed by atoms with Crippen LogP contribution in [0.5, 0.6) is 0 Å².